The molecule has 2 aromatic rings. The molecule has 0 radical (unpaired) electrons. The van der Waals surface area contributed by atoms with E-state index in [2.05, 4.69) is 9.97 Å². The lowest BCUT2D eigenvalue weighted by molar-refractivity contribution is 0.294. The Bertz CT molecular complexity index is 534. The zero-order chi connectivity index (χ0) is 12.3. The fourth-order valence-electron chi connectivity index (χ4n) is 1.23. The molecule has 4 nitrogen and oxygen atoms in total. The van der Waals surface area contributed by atoms with Crippen LogP contribution >= 0.6 is 23.2 Å². The van der Waals surface area contributed by atoms with Gasteiger partial charge in [-0.1, -0.05) is 41.4 Å². The highest BCUT2D eigenvalue weighted by molar-refractivity contribution is 6.34. The lowest BCUT2D eigenvalue weighted by Gasteiger charge is -2.08. The summed E-state index contributed by atoms with van der Waals surface area (Å²) in [6.07, 6.45) is 1.29. The minimum atomic E-state index is 0.191. The number of anilines is 1. The van der Waals surface area contributed by atoms with Crippen LogP contribution < -0.4 is 10.5 Å². The topological polar surface area (TPSA) is 61.0 Å². The molecule has 6 heteroatoms. The summed E-state index contributed by atoms with van der Waals surface area (Å²) in [5, 5.41) is 0.838. The summed E-state index contributed by atoms with van der Waals surface area (Å²) < 4.78 is 5.44. The smallest absolute Gasteiger partial charge is 0.238 e. The number of hydrogen-bond acceptors (Lipinski definition) is 4. The van der Waals surface area contributed by atoms with Crippen molar-refractivity contribution in [2.45, 2.75) is 6.61 Å². The van der Waals surface area contributed by atoms with Crippen LogP contribution in [0, 0.1) is 0 Å². The van der Waals surface area contributed by atoms with Crippen molar-refractivity contribution in [3.05, 3.63) is 46.2 Å². The van der Waals surface area contributed by atoms with Gasteiger partial charge in [-0.25, -0.2) is 9.97 Å². The minimum absolute atomic E-state index is 0.191. The van der Waals surface area contributed by atoms with Crippen molar-refractivity contribution in [2.24, 2.45) is 0 Å². The summed E-state index contributed by atoms with van der Waals surface area (Å²) in [7, 11) is 0. The predicted octanol–water partition coefficient (Wildman–Crippen LogP) is 2.94. The zero-order valence-electron chi connectivity index (χ0n) is 8.73. The van der Waals surface area contributed by atoms with Gasteiger partial charge < -0.3 is 10.5 Å². The molecule has 0 aliphatic heterocycles. The largest absolute Gasteiger partial charge is 0.472 e. The molecule has 0 unspecified atom stereocenters. The van der Waals surface area contributed by atoms with E-state index in [1.807, 2.05) is 18.2 Å². The Kier molecular flexibility index (Phi) is 3.66. The van der Waals surface area contributed by atoms with Crippen LogP contribution in [0.4, 0.5) is 5.82 Å². The zero-order valence-corrected chi connectivity index (χ0v) is 10.2. The van der Waals surface area contributed by atoms with Crippen LogP contribution in [0.3, 0.4) is 0 Å². The monoisotopic (exact) mass is 269 g/mol. The molecule has 0 saturated heterocycles. The van der Waals surface area contributed by atoms with Gasteiger partial charge in [0.05, 0.1) is 0 Å². The van der Waals surface area contributed by atoms with Crippen LogP contribution in [-0.4, -0.2) is 9.97 Å². The molecule has 2 N–H and O–H groups in total. The molecule has 1 heterocycles. The molecule has 0 atom stereocenters. The van der Waals surface area contributed by atoms with Gasteiger partial charge in [0.15, 0.2) is 0 Å². The summed E-state index contributed by atoms with van der Waals surface area (Å²) >= 11 is 11.9. The highest BCUT2D eigenvalue weighted by Crippen LogP contribution is 2.26. The average molecular weight is 270 g/mol. The number of ether oxygens (including phenoxy) is 1. The van der Waals surface area contributed by atoms with Crippen molar-refractivity contribution in [2.75, 3.05) is 5.73 Å². The van der Waals surface area contributed by atoms with Crippen molar-refractivity contribution in [1.29, 1.82) is 0 Å². The molecule has 0 bridgehead atoms. The molecule has 88 valence electrons. The molecule has 1 aromatic carbocycles. The van der Waals surface area contributed by atoms with Gasteiger partial charge in [0.1, 0.15) is 23.8 Å². The van der Waals surface area contributed by atoms with Gasteiger partial charge in [-0.15, -0.1) is 0 Å². The van der Waals surface area contributed by atoms with Gasteiger partial charge in [-0.3, -0.25) is 0 Å². The second-order valence-corrected chi connectivity index (χ2v) is 4.04. The molecule has 0 fully saturated rings. The Hall–Kier alpha value is -1.52. The van der Waals surface area contributed by atoms with Crippen molar-refractivity contribution < 1.29 is 4.74 Å². The molecule has 0 amide bonds. The Morgan fingerprint density at radius 3 is 2.71 bits per heavy atom. The first-order valence-corrected chi connectivity index (χ1v) is 5.56. The number of benzene rings is 1. The van der Waals surface area contributed by atoms with E-state index in [0.29, 0.717) is 5.02 Å². The molecular formula is C11H9Cl2N3O. The van der Waals surface area contributed by atoms with Crippen molar-refractivity contribution >= 4 is 29.0 Å². The summed E-state index contributed by atoms with van der Waals surface area (Å²) in [6, 6.07) is 7.37. The number of hydrogen-bond donors (Lipinski definition) is 1. The standard InChI is InChI=1S/C11H9Cl2N3O/c12-8-4-2-1-3-7(8)5-17-11-9(13)10(14)15-6-16-11/h1-4,6H,5H2,(H2,14,15,16). The van der Waals surface area contributed by atoms with E-state index in [9.17, 15) is 0 Å². The fraction of sp³-hybridized carbons (Fsp3) is 0.0909. The number of nitrogen functional groups attached to an aromatic ring is 1. The molecular weight excluding hydrogens is 261 g/mol. The van der Waals surface area contributed by atoms with Crippen LogP contribution in [0.2, 0.25) is 10.0 Å². The molecule has 17 heavy (non-hydrogen) atoms. The summed E-state index contributed by atoms with van der Waals surface area (Å²) in [4.78, 5) is 7.64. The van der Waals surface area contributed by atoms with Crippen LogP contribution in [0.25, 0.3) is 0 Å². The van der Waals surface area contributed by atoms with E-state index in [0.717, 1.165) is 5.56 Å². The van der Waals surface area contributed by atoms with E-state index in [4.69, 9.17) is 33.7 Å². The first-order valence-electron chi connectivity index (χ1n) is 4.80. The first-order chi connectivity index (χ1) is 8.18. The third kappa shape index (κ3) is 2.78. The van der Waals surface area contributed by atoms with Gasteiger partial charge in [0, 0.05) is 10.6 Å². The van der Waals surface area contributed by atoms with Crippen molar-refractivity contribution in [3.63, 3.8) is 0 Å². The quantitative estimate of drug-likeness (QED) is 0.931. The maximum Gasteiger partial charge on any atom is 0.238 e. The van der Waals surface area contributed by atoms with E-state index in [-0.39, 0.29) is 23.3 Å². The number of halogens is 2. The van der Waals surface area contributed by atoms with E-state index in [1.165, 1.54) is 6.33 Å². The van der Waals surface area contributed by atoms with Crippen LogP contribution in [0.1, 0.15) is 5.56 Å². The maximum absolute atomic E-state index is 5.99. The molecule has 0 aliphatic carbocycles. The number of rotatable bonds is 3. The SMILES string of the molecule is Nc1ncnc(OCc2ccccc2Cl)c1Cl. The Morgan fingerprint density at radius 1 is 1.18 bits per heavy atom. The van der Waals surface area contributed by atoms with Crippen molar-refractivity contribution in [1.82, 2.24) is 9.97 Å². The Labute approximate surface area is 108 Å². The van der Waals surface area contributed by atoms with Crippen LogP contribution in [0.15, 0.2) is 30.6 Å². The molecule has 2 rings (SSSR count). The normalized spacial score (nSPS) is 10.2. The van der Waals surface area contributed by atoms with E-state index in [1.54, 1.807) is 6.07 Å². The third-order valence-electron chi connectivity index (χ3n) is 2.11. The maximum atomic E-state index is 5.99. The van der Waals surface area contributed by atoms with Gasteiger partial charge in [-0.2, -0.15) is 0 Å². The molecule has 0 aliphatic rings. The summed E-state index contributed by atoms with van der Waals surface area (Å²) in [6.45, 7) is 0.274. The molecule has 0 spiro atoms. The average Bonchev–Trinajstić information content (AvgIpc) is 2.33. The Morgan fingerprint density at radius 2 is 1.94 bits per heavy atom. The van der Waals surface area contributed by atoms with Crippen LogP contribution in [-0.2, 0) is 6.61 Å². The molecule has 1 aromatic heterocycles. The fourth-order valence-corrected chi connectivity index (χ4v) is 1.57. The third-order valence-corrected chi connectivity index (χ3v) is 2.83. The summed E-state index contributed by atoms with van der Waals surface area (Å²) in [5.41, 5.74) is 6.38. The number of aromatic nitrogens is 2. The second kappa shape index (κ2) is 5.21. The lowest BCUT2D eigenvalue weighted by atomic mass is 10.2. The van der Waals surface area contributed by atoms with Gasteiger partial charge in [0.2, 0.25) is 5.88 Å². The first kappa shape index (κ1) is 12.0. The van der Waals surface area contributed by atoms with Crippen LogP contribution in [0.5, 0.6) is 5.88 Å². The highest BCUT2D eigenvalue weighted by Gasteiger charge is 2.08. The number of nitrogens with zero attached hydrogens (tertiary/aromatic N) is 2. The minimum Gasteiger partial charge on any atom is -0.472 e. The summed E-state index contributed by atoms with van der Waals surface area (Å²) in [5.74, 6) is 0.440. The number of nitrogens with two attached hydrogens (primary N) is 1. The lowest BCUT2D eigenvalue weighted by Crippen LogP contribution is -2.01. The Balaban J connectivity index is 2.13. The van der Waals surface area contributed by atoms with Crippen molar-refractivity contribution in [3.8, 4) is 5.88 Å². The van der Waals surface area contributed by atoms with E-state index < -0.39 is 0 Å². The van der Waals surface area contributed by atoms with E-state index >= 15 is 0 Å². The predicted molar refractivity (Wildman–Crippen MR) is 67.2 cm³/mol. The van der Waals surface area contributed by atoms with Gasteiger partial charge in [0.25, 0.3) is 0 Å². The van der Waals surface area contributed by atoms with Gasteiger partial charge >= 0.3 is 0 Å². The van der Waals surface area contributed by atoms with Gasteiger partial charge in [-0.05, 0) is 6.07 Å². The molecule has 0 saturated carbocycles. The second-order valence-electron chi connectivity index (χ2n) is 3.26. The highest BCUT2D eigenvalue weighted by atomic mass is 35.5.